The van der Waals surface area contributed by atoms with Crippen molar-refractivity contribution in [1.29, 1.82) is 0 Å². The third-order valence-electron chi connectivity index (χ3n) is 5.52. The molecular formula is C22H23F3N4O4. The highest BCUT2D eigenvalue weighted by Gasteiger charge is 2.31. The average Bonchev–Trinajstić information content (AvgIpc) is 3.40. The summed E-state index contributed by atoms with van der Waals surface area (Å²) in [6.07, 6.45) is -3.86. The van der Waals surface area contributed by atoms with Gasteiger partial charge in [0.15, 0.2) is 11.5 Å². The van der Waals surface area contributed by atoms with E-state index in [9.17, 15) is 22.8 Å². The Kier molecular flexibility index (Phi) is 6.32. The first-order chi connectivity index (χ1) is 15.7. The molecule has 0 saturated carbocycles. The monoisotopic (exact) mass is 464 g/mol. The van der Waals surface area contributed by atoms with Gasteiger partial charge in [-0.05, 0) is 42.3 Å². The van der Waals surface area contributed by atoms with Crippen molar-refractivity contribution in [2.75, 3.05) is 32.2 Å². The number of nitrogens with one attached hydrogen (secondary N) is 2. The predicted molar refractivity (Wildman–Crippen MR) is 113 cm³/mol. The highest BCUT2D eigenvalue weighted by molar-refractivity contribution is 6.00. The van der Waals surface area contributed by atoms with Crippen LogP contribution in [-0.2, 0) is 17.5 Å². The number of nitrogens with zero attached hydrogens (tertiary/aromatic N) is 1. The van der Waals surface area contributed by atoms with Crippen LogP contribution in [0.25, 0.3) is 0 Å². The van der Waals surface area contributed by atoms with E-state index in [0.29, 0.717) is 24.9 Å². The molecule has 1 atom stereocenters. The van der Waals surface area contributed by atoms with E-state index in [1.54, 1.807) is 0 Å². The van der Waals surface area contributed by atoms with Crippen LogP contribution in [0.4, 0.5) is 18.9 Å². The molecule has 0 aromatic heterocycles. The minimum Gasteiger partial charge on any atom is -0.454 e. The molecule has 1 saturated heterocycles. The number of hydrogen-bond acceptors (Lipinski definition) is 6. The molecule has 2 aromatic carbocycles. The molecule has 2 aliphatic heterocycles. The van der Waals surface area contributed by atoms with E-state index < -0.39 is 23.6 Å². The molecule has 4 N–H and O–H groups in total. The van der Waals surface area contributed by atoms with E-state index in [4.69, 9.17) is 15.2 Å². The maximum absolute atomic E-state index is 12.9. The van der Waals surface area contributed by atoms with E-state index in [1.807, 2.05) is 18.2 Å². The molecule has 8 nitrogen and oxygen atoms in total. The lowest BCUT2D eigenvalue weighted by atomic mass is 10.1. The van der Waals surface area contributed by atoms with Crippen LogP contribution in [0.1, 0.15) is 27.9 Å². The summed E-state index contributed by atoms with van der Waals surface area (Å²) in [6.45, 7) is 1.95. The van der Waals surface area contributed by atoms with Gasteiger partial charge in [-0.3, -0.25) is 14.5 Å². The fourth-order valence-corrected chi connectivity index (χ4v) is 3.86. The molecule has 1 unspecified atom stereocenters. The van der Waals surface area contributed by atoms with Gasteiger partial charge < -0.3 is 25.8 Å². The number of carbonyl (C=O) groups excluding carboxylic acids is 2. The lowest BCUT2D eigenvalue weighted by Crippen LogP contribution is -2.43. The molecule has 0 aliphatic carbocycles. The van der Waals surface area contributed by atoms with E-state index >= 15 is 0 Å². The first kappa shape index (κ1) is 22.7. The number of likely N-dealkylation sites (tertiary alicyclic amines) is 1. The van der Waals surface area contributed by atoms with Gasteiger partial charge >= 0.3 is 6.18 Å². The Morgan fingerprint density at radius 2 is 1.91 bits per heavy atom. The largest absolute Gasteiger partial charge is 0.454 e. The van der Waals surface area contributed by atoms with Gasteiger partial charge in [0.25, 0.3) is 5.91 Å². The van der Waals surface area contributed by atoms with Crippen LogP contribution >= 0.6 is 0 Å². The van der Waals surface area contributed by atoms with Crippen molar-refractivity contribution in [2.24, 2.45) is 0 Å². The van der Waals surface area contributed by atoms with Crippen molar-refractivity contribution in [1.82, 2.24) is 15.5 Å². The number of amides is 2. The van der Waals surface area contributed by atoms with Crippen LogP contribution in [0.15, 0.2) is 36.4 Å². The molecular weight excluding hydrogens is 441 g/mol. The number of alkyl halides is 3. The third-order valence-corrected chi connectivity index (χ3v) is 5.52. The van der Waals surface area contributed by atoms with Crippen LogP contribution in [0.2, 0.25) is 0 Å². The molecule has 33 heavy (non-hydrogen) atoms. The van der Waals surface area contributed by atoms with Gasteiger partial charge in [-0.1, -0.05) is 6.07 Å². The Morgan fingerprint density at radius 3 is 2.70 bits per heavy atom. The quantitative estimate of drug-likeness (QED) is 0.566. The number of carbonyl (C=O) groups is 2. The lowest BCUT2D eigenvalue weighted by Gasteiger charge is -2.17. The maximum Gasteiger partial charge on any atom is 0.416 e. The zero-order chi connectivity index (χ0) is 23.6. The molecule has 1 fully saturated rings. The normalized spacial score (nSPS) is 17.7. The second kappa shape index (κ2) is 9.18. The first-order valence-corrected chi connectivity index (χ1v) is 10.3. The number of nitrogens with two attached hydrogens (primary N) is 1. The number of halogens is 3. The summed E-state index contributed by atoms with van der Waals surface area (Å²) in [6, 6.07) is 8.17. The lowest BCUT2D eigenvalue weighted by molar-refractivity contribution is -0.137. The summed E-state index contributed by atoms with van der Waals surface area (Å²) in [7, 11) is 0. The molecule has 0 bridgehead atoms. The Morgan fingerprint density at radius 1 is 1.12 bits per heavy atom. The Hall–Kier alpha value is -3.47. The second-order valence-electron chi connectivity index (χ2n) is 7.96. The average molecular weight is 464 g/mol. The molecule has 2 heterocycles. The number of fused-ring (bicyclic) bond motifs is 1. The van der Waals surface area contributed by atoms with Crippen molar-refractivity contribution in [3.63, 3.8) is 0 Å². The van der Waals surface area contributed by atoms with Gasteiger partial charge in [-0.25, -0.2) is 0 Å². The van der Waals surface area contributed by atoms with Gasteiger partial charge in [0.2, 0.25) is 12.7 Å². The van der Waals surface area contributed by atoms with E-state index in [1.165, 1.54) is 0 Å². The molecule has 2 aromatic rings. The first-order valence-electron chi connectivity index (χ1n) is 10.3. The molecule has 2 amide bonds. The van der Waals surface area contributed by atoms with E-state index in [2.05, 4.69) is 15.5 Å². The Bertz CT molecular complexity index is 1060. The van der Waals surface area contributed by atoms with Gasteiger partial charge in [0.1, 0.15) is 0 Å². The molecule has 2 aliphatic rings. The molecule has 0 radical (unpaired) electrons. The van der Waals surface area contributed by atoms with Crippen LogP contribution in [0, 0.1) is 0 Å². The minimum absolute atomic E-state index is 0.0953. The summed E-state index contributed by atoms with van der Waals surface area (Å²) in [5.41, 5.74) is 5.29. The predicted octanol–water partition coefficient (Wildman–Crippen LogP) is 2.14. The summed E-state index contributed by atoms with van der Waals surface area (Å²) in [5.74, 6) is 0.168. The zero-order valence-electron chi connectivity index (χ0n) is 17.6. The van der Waals surface area contributed by atoms with Crippen molar-refractivity contribution in [3.05, 3.63) is 53.1 Å². The number of benzene rings is 2. The number of nitrogen functional groups attached to an aromatic ring is 1. The molecule has 4 rings (SSSR count). The van der Waals surface area contributed by atoms with Crippen LogP contribution in [0.3, 0.4) is 0 Å². The summed E-state index contributed by atoms with van der Waals surface area (Å²) < 4.78 is 49.3. The standard InChI is InChI=1S/C22H23F3N4O4/c23-22(24,25)14-2-3-17(26)16(8-14)21(31)27-9-20(30)28-15-5-6-29(11-15)10-13-1-4-18-19(7-13)33-12-32-18/h1-4,7-8,15H,5-6,9-12,26H2,(H,27,31)(H,28,30). The van der Waals surface area contributed by atoms with Gasteiger partial charge in [0.05, 0.1) is 17.7 Å². The number of hydrogen-bond donors (Lipinski definition) is 3. The van der Waals surface area contributed by atoms with Crippen LogP contribution in [-0.4, -0.2) is 49.2 Å². The van der Waals surface area contributed by atoms with Crippen molar-refractivity contribution >= 4 is 17.5 Å². The maximum atomic E-state index is 12.9. The SMILES string of the molecule is Nc1ccc(C(F)(F)F)cc1C(=O)NCC(=O)NC1CCN(Cc2ccc3c(c2)OCO3)C1. The van der Waals surface area contributed by atoms with Crippen LogP contribution < -0.4 is 25.8 Å². The van der Waals surface area contributed by atoms with Gasteiger partial charge in [-0.2, -0.15) is 13.2 Å². The smallest absolute Gasteiger partial charge is 0.416 e. The van der Waals surface area contributed by atoms with Gasteiger partial charge in [-0.15, -0.1) is 0 Å². The summed E-state index contributed by atoms with van der Waals surface area (Å²) >= 11 is 0. The summed E-state index contributed by atoms with van der Waals surface area (Å²) in [4.78, 5) is 26.7. The van der Waals surface area contributed by atoms with E-state index in [-0.39, 0.29) is 30.6 Å². The Labute approximate surface area is 187 Å². The van der Waals surface area contributed by atoms with Crippen LogP contribution in [0.5, 0.6) is 11.5 Å². The summed E-state index contributed by atoms with van der Waals surface area (Å²) in [5, 5.41) is 5.17. The number of anilines is 1. The fourth-order valence-electron chi connectivity index (χ4n) is 3.86. The number of ether oxygens (including phenoxy) is 2. The third kappa shape index (κ3) is 5.48. The van der Waals surface area contributed by atoms with Crippen molar-refractivity contribution < 1.29 is 32.2 Å². The highest BCUT2D eigenvalue weighted by atomic mass is 19.4. The highest BCUT2D eigenvalue weighted by Crippen LogP contribution is 2.33. The zero-order valence-corrected chi connectivity index (χ0v) is 17.6. The van der Waals surface area contributed by atoms with Gasteiger partial charge in [0, 0.05) is 31.4 Å². The fraction of sp³-hybridized carbons (Fsp3) is 0.364. The molecule has 11 heteroatoms. The topological polar surface area (TPSA) is 106 Å². The Balaban J connectivity index is 1.25. The van der Waals surface area contributed by atoms with Crippen molar-refractivity contribution in [2.45, 2.75) is 25.2 Å². The second-order valence-corrected chi connectivity index (χ2v) is 7.96. The molecule has 176 valence electrons. The van der Waals surface area contributed by atoms with E-state index in [0.717, 1.165) is 36.4 Å². The number of rotatable bonds is 6. The minimum atomic E-state index is -4.60. The van der Waals surface area contributed by atoms with Crippen molar-refractivity contribution in [3.8, 4) is 11.5 Å². The molecule has 0 spiro atoms.